The minimum atomic E-state index is -0.617. The van der Waals surface area contributed by atoms with Crippen LogP contribution in [0.4, 0.5) is 10.1 Å². The number of carbonyl (C=O) groups is 2. The highest BCUT2D eigenvalue weighted by atomic mass is 35.5. The summed E-state index contributed by atoms with van der Waals surface area (Å²) in [6.07, 6.45) is 1.56. The van der Waals surface area contributed by atoms with Gasteiger partial charge in [0.1, 0.15) is 11.4 Å². The average Bonchev–Trinajstić information content (AvgIpc) is 3.05. The van der Waals surface area contributed by atoms with E-state index in [0.717, 1.165) is 33.6 Å². The topological polar surface area (TPSA) is 54.3 Å². The number of halogens is 2. The zero-order valence-electron chi connectivity index (χ0n) is 20.1. The van der Waals surface area contributed by atoms with Gasteiger partial charge in [0.25, 0.3) is 11.8 Å². The number of rotatable bonds is 3. The predicted octanol–water partition coefficient (Wildman–Crippen LogP) is 6.02. The molecule has 5 nitrogen and oxygen atoms in total. The first-order chi connectivity index (χ1) is 16.4. The molecule has 0 bridgehead atoms. The van der Waals surface area contributed by atoms with Crippen LogP contribution in [0.1, 0.15) is 43.3 Å². The Hall–Kier alpha value is -3.29. The van der Waals surface area contributed by atoms with Crippen LogP contribution in [0.5, 0.6) is 0 Å². The Balaban J connectivity index is 1.73. The van der Waals surface area contributed by atoms with Gasteiger partial charge in [0.05, 0.1) is 10.7 Å². The van der Waals surface area contributed by atoms with Crippen molar-refractivity contribution in [2.24, 2.45) is 0 Å². The van der Waals surface area contributed by atoms with Crippen molar-refractivity contribution in [3.63, 3.8) is 0 Å². The Kier molecular flexibility index (Phi) is 6.42. The third-order valence-electron chi connectivity index (χ3n) is 6.02. The number of thiocarbonyl (C=S) groups is 1. The minimum absolute atomic E-state index is 0.0464. The van der Waals surface area contributed by atoms with Crippen molar-refractivity contribution in [2.75, 3.05) is 4.90 Å². The number of carbonyl (C=O) groups excluding carboxylic acids is 2. The van der Waals surface area contributed by atoms with Gasteiger partial charge in [-0.2, -0.15) is 0 Å². The van der Waals surface area contributed by atoms with Gasteiger partial charge in [0.2, 0.25) is 0 Å². The molecule has 0 unspecified atom stereocenters. The summed E-state index contributed by atoms with van der Waals surface area (Å²) >= 11 is 11.1. The van der Waals surface area contributed by atoms with E-state index in [2.05, 4.69) is 54.9 Å². The van der Waals surface area contributed by atoms with Crippen LogP contribution in [0, 0.1) is 19.7 Å². The molecule has 35 heavy (non-hydrogen) atoms. The van der Waals surface area contributed by atoms with Crippen molar-refractivity contribution < 1.29 is 14.0 Å². The van der Waals surface area contributed by atoms with E-state index < -0.39 is 17.6 Å². The normalized spacial score (nSPS) is 15.7. The molecule has 2 aromatic carbocycles. The van der Waals surface area contributed by atoms with E-state index in [9.17, 15) is 14.0 Å². The summed E-state index contributed by atoms with van der Waals surface area (Å²) in [5.41, 5.74) is 5.01. The Labute approximate surface area is 214 Å². The fourth-order valence-electron chi connectivity index (χ4n) is 4.11. The van der Waals surface area contributed by atoms with Crippen molar-refractivity contribution in [2.45, 2.75) is 40.0 Å². The van der Waals surface area contributed by atoms with Crippen LogP contribution in [0.2, 0.25) is 5.02 Å². The van der Waals surface area contributed by atoms with Gasteiger partial charge < -0.3 is 4.57 Å². The summed E-state index contributed by atoms with van der Waals surface area (Å²) in [7, 11) is 0. The van der Waals surface area contributed by atoms with Gasteiger partial charge in [-0.15, -0.1) is 0 Å². The van der Waals surface area contributed by atoms with Crippen LogP contribution < -0.4 is 10.2 Å². The Morgan fingerprint density at radius 1 is 1.00 bits per heavy atom. The fourth-order valence-corrected chi connectivity index (χ4v) is 4.57. The van der Waals surface area contributed by atoms with Crippen LogP contribution in [-0.2, 0) is 15.0 Å². The molecule has 4 rings (SSSR count). The first-order valence-corrected chi connectivity index (χ1v) is 11.8. The lowest BCUT2D eigenvalue weighted by Crippen LogP contribution is -2.54. The number of aryl methyl sites for hydroxylation is 1. The largest absolute Gasteiger partial charge is 0.318 e. The van der Waals surface area contributed by atoms with E-state index in [-0.39, 0.29) is 26.8 Å². The summed E-state index contributed by atoms with van der Waals surface area (Å²) in [4.78, 5) is 27.2. The molecule has 0 radical (unpaired) electrons. The Morgan fingerprint density at radius 2 is 1.63 bits per heavy atom. The summed E-state index contributed by atoms with van der Waals surface area (Å²) in [5, 5.41) is 2.30. The molecule has 3 aromatic rings. The summed E-state index contributed by atoms with van der Waals surface area (Å²) in [6, 6.07) is 14.1. The van der Waals surface area contributed by atoms with Crippen molar-refractivity contribution in [3.8, 4) is 5.69 Å². The van der Waals surface area contributed by atoms with Gasteiger partial charge in [-0.25, -0.2) is 4.39 Å². The first kappa shape index (κ1) is 24.8. The number of anilines is 1. The molecule has 1 aromatic heterocycles. The van der Waals surface area contributed by atoms with E-state index in [4.69, 9.17) is 23.8 Å². The van der Waals surface area contributed by atoms with Crippen molar-refractivity contribution >= 4 is 52.5 Å². The Morgan fingerprint density at radius 3 is 2.23 bits per heavy atom. The quantitative estimate of drug-likeness (QED) is 0.267. The lowest BCUT2D eigenvalue weighted by Gasteiger charge is -2.29. The third-order valence-corrected chi connectivity index (χ3v) is 6.60. The standard InChI is InChI=1S/C27H25ClFN3O2S/c1-15-12-17(16(2)31(15)19-8-6-18(7-9-19)27(3,4)5)13-21-24(33)30-26(35)32(25(21)34)20-10-11-23(29)22(28)14-20/h6-14H,1-5H3,(H,30,33,35)/b21-13+. The molecule has 1 aliphatic rings. The molecule has 0 saturated carbocycles. The van der Waals surface area contributed by atoms with Crippen LogP contribution in [-0.4, -0.2) is 21.5 Å². The second-order valence-corrected chi connectivity index (χ2v) is 10.3. The van der Waals surface area contributed by atoms with Gasteiger partial charge in [-0.05, 0) is 85.1 Å². The molecular weight excluding hydrogens is 485 g/mol. The number of benzene rings is 2. The summed E-state index contributed by atoms with van der Waals surface area (Å²) in [6.45, 7) is 10.4. The van der Waals surface area contributed by atoms with E-state index >= 15 is 0 Å². The molecule has 8 heteroatoms. The number of hydrogen-bond acceptors (Lipinski definition) is 3. The van der Waals surface area contributed by atoms with Crippen LogP contribution in [0.15, 0.2) is 54.1 Å². The van der Waals surface area contributed by atoms with Crippen LogP contribution in [0.3, 0.4) is 0 Å². The molecule has 1 fully saturated rings. The second kappa shape index (κ2) is 9.06. The van der Waals surface area contributed by atoms with Gasteiger partial charge in [0.15, 0.2) is 5.11 Å². The molecule has 2 amide bonds. The average molecular weight is 510 g/mol. The molecule has 1 aliphatic heterocycles. The predicted molar refractivity (Wildman–Crippen MR) is 142 cm³/mol. The molecule has 0 spiro atoms. The monoisotopic (exact) mass is 509 g/mol. The Bertz CT molecular complexity index is 1400. The number of amides is 2. The second-order valence-electron chi connectivity index (χ2n) is 9.52. The number of nitrogens with zero attached hydrogens (tertiary/aromatic N) is 2. The molecule has 180 valence electrons. The smallest absolute Gasteiger partial charge is 0.270 e. The highest BCUT2D eigenvalue weighted by molar-refractivity contribution is 7.80. The maximum absolute atomic E-state index is 13.6. The van der Waals surface area contributed by atoms with Crippen molar-refractivity contribution in [1.29, 1.82) is 0 Å². The van der Waals surface area contributed by atoms with Gasteiger partial charge in [-0.3, -0.25) is 19.8 Å². The van der Waals surface area contributed by atoms with E-state index in [1.54, 1.807) is 6.08 Å². The first-order valence-electron chi connectivity index (χ1n) is 11.0. The molecule has 0 atom stereocenters. The number of aromatic nitrogens is 1. The zero-order valence-corrected chi connectivity index (χ0v) is 21.6. The highest BCUT2D eigenvalue weighted by Crippen LogP contribution is 2.29. The number of nitrogens with one attached hydrogen (secondary N) is 1. The van der Waals surface area contributed by atoms with Gasteiger partial charge in [-0.1, -0.05) is 44.5 Å². The maximum Gasteiger partial charge on any atom is 0.270 e. The van der Waals surface area contributed by atoms with E-state index in [1.165, 1.54) is 17.7 Å². The van der Waals surface area contributed by atoms with Crippen molar-refractivity contribution in [1.82, 2.24) is 9.88 Å². The van der Waals surface area contributed by atoms with E-state index in [1.807, 2.05) is 19.9 Å². The van der Waals surface area contributed by atoms with E-state index in [0.29, 0.717) is 0 Å². The SMILES string of the molecule is Cc1cc(/C=C2\C(=O)NC(=S)N(c3ccc(F)c(Cl)c3)C2=O)c(C)n1-c1ccc(C(C)(C)C)cc1. The third kappa shape index (κ3) is 4.66. The summed E-state index contributed by atoms with van der Waals surface area (Å²) < 4.78 is 15.7. The minimum Gasteiger partial charge on any atom is -0.318 e. The lowest BCUT2D eigenvalue weighted by atomic mass is 9.87. The van der Waals surface area contributed by atoms with Gasteiger partial charge >= 0.3 is 0 Å². The van der Waals surface area contributed by atoms with Crippen LogP contribution >= 0.6 is 23.8 Å². The van der Waals surface area contributed by atoms with Gasteiger partial charge in [0, 0.05) is 17.1 Å². The zero-order chi connectivity index (χ0) is 25.7. The number of hydrogen-bond donors (Lipinski definition) is 1. The molecule has 2 heterocycles. The van der Waals surface area contributed by atoms with Crippen LogP contribution in [0.25, 0.3) is 11.8 Å². The lowest BCUT2D eigenvalue weighted by molar-refractivity contribution is -0.122. The van der Waals surface area contributed by atoms with Crippen molar-refractivity contribution in [3.05, 3.63) is 87.5 Å². The molecule has 0 aliphatic carbocycles. The molecular formula is C27H25ClFN3O2S. The highest BCUT2D eigenvalue weighted by Gasteiger charge is 2.35. The maximum atomic E-state index is 13.6. The summed E-state index contributed by atoms with van der Waals surface area (Å²) in [5.74, 6) is -1.82. The fraction of sp³-hybridized carbons (Fsp3) is 0.222. The molecule has 1 N–H and O–H groups in total. The molecule has 1 saturated heterocycles.